The Kier molecular flexibility index (Phi) is 3.95. The maximum absolute atomic E-state index is 4.36. The van der Waals surface area contributed by atoms with Crippen molar-refractivity contribution in [1.29, 1.82) is 0 Å². The number of aromatic nitrogens is 2. The van der Waals surface area contributed by atoms with E-state index in [-0.39, 0.29) is 0 Å². The minimum absolute atomic E-state index is 0.735. The van der Waals surface area contributed by atoms with Gasteiger partial charge in [0.05, 0.1) is 18.4 Å². The first-order valence-electron chi connectivity index (χ1n) is 6.11. The molecule has 0 saturated heterocycles. The van der Waals surface area contributed by atoms with Gasteiger partial charge in [-0.2, -0.15) is 0 Å². The van der Waals surface area contributed by atoms with E-state index in [4.69, 9.17) is 0 Å². The molecule has 1 aromatic carbocycles. The molecule has 0 spiro atoms. The molecule has 0 aliphatic rings. The van der Waals surface area contributed by atoms with Crippen LogP contribution in [0.25, 0.3) is 11.3 Å². The second kappa shape index (κ2) is 5.65. The lowest BCUT2D eigenvalue weighted by Crippen LogP contribution is -2.15. The molecule has 3 nitrogen and oxygen atoms in total. The third-order valence-electron chi connectivity index (χ3n) is 2.71. The van der Waals surface area contributed by atoms with Gasteiger partial charge < -0.3 is 10.3 Å². The number of imidazole rings is 1. The molecule has 1 heterocycles. The van der Waals surface area contributed by atoms with Gasteiger partial charge in [-0.05, 0) is 19.4 Å². The van der Waals surface area contributed by atoms with Crippen LogP contribution in [-0.4, -0.2) is 16.5 Å². The van der Waals surface area contributed by atoms with Crippen LogP contribution in [0.2, 0.25) is 0 Å². The molecule has 0 aliphatic heterocycles. The van der Waals surface area contributed by atoms with Crippen LogP contribution in [-0.2, 0) is 6.54 Å². The average molecular weight is 241 g/mol. The zero-order chi connectivity index (χ0) is 13.0. The Morgan fingerprint density at radius 3 is 2.72 bits per heavy atom. The van der Waals surface area contributed by atoms with Crippen molar-refractivity contribution in [3.8, 4) is 11.3 Å². The predicted octanol–water partition coefficient (Wildman–Crippen LogP) is 3.05. The molecule has 0 saturated carbocycles. The Morgan fingerprint density at radius 1 is 1.33 bits per heavy atom. The lowest BCUT2D eigenvalue weighted by Gasteiger charge is -2.01. The van der Waals surface area contributed by atoms with Crippen molar-refractivity contribution >= 4 is 0 Å². The maximum atomic E-state index is 4.36. The van der Waals surface area contributed by atoms with Crippen LogP contribution in [0.4, 0.5) is 0 Å². The van der Waals surface area contributed by atoms with Crippen LogP contribution in [0.15, 0.2) is 42.6 Å². The van der Waals surface area contributed by atoms with E-state index in [1.54, 1.807) is 0 Å². The number of nitrogens with zero attached hydrogens (tertiary/aromatic N) is 1. The molecule has 0 amide bonds. The number of benzene rings is 1. The van der Waals surface area contributed by atoms with Crippen molar-refractivity contribution in [3.05, 3.63) is 54.0 Å². The highest BCUT2D eigenvalue weighted by Gasteiger charge is 2.02. The van der Waals surface area contributed by atoms with E-state index < -0.39 is 0 Å². The molecule has 0 bridgehead atoms. The summed E-state index contributed by atoms with van der Waals surface area (Å²) in [5.74, 6) is 0.951. The summed E-state index contributed by atoms with van der Waals surface area (Å²) in [5.41, 5.74) is 4.61. The van der Waals surface area contributed by atoms with Crippen LogP contribution in [0, 0.1) is 6.92 Å². The molecule has 94 valence electrons. The normalized spacial score (nSPS) is 10.6. The number of rotatable bonds is 5. The van der Waals surface area contributed by atoms with Gasteiger partial charge in [-0.25, -0.2) is 4.98 Å². The summed E-state index contributed by atoms with van der Waals surface area (Å²) < 4.78 is 0. The Morgan fingerprint density at radius 2 is 2.06 bits per heavy atom. The predicted molar refractivity (Wildman–Crippen MR) is 75.3 cm³/mol. The summed E-state index contributed by atoms with van der Waals surface area (Å²) in [5, 5.41) is 3.28. The molecule has 3 heteroatoms. The summed E-state index contributed by atoms with van der Waals surface area (Å²) >= 11 is 0. The Bertz CT molecular complexity index is 523. The van der Waals surface area contributed by atoms with E-state index in [2.05, 4.69) is 53.1 Å². The number of aryl methyl sites for hydroxylation is 1. The van der Waals surface area contributed by atoms with Crippen molar-refractivity contribution < 1.29 is 0 Å². The Labute approximate surface area is 108 Å². The van der Waals surface area contributed by atoms with Gasteiger partial charge in [0.25, 0.3) is 0 Å². The number of nitrogens with one attached hydrogen (secondary N) is 2. The minimum Gasteiger partial charge on any atom is -0.341 e. The Balaban J connectivity index is 2.01. The van der Waals surface area contributed by atoms with E-state index >= 15 is 0 Å². The summed E-state index contributed by atoms with van der Waals surface area (Å²) in [4.78, 5) is 7.68. The van der Waals surface area contributed by atoms with Gasteiger partial charge in [-0.3, -0.25) is 0 Å². The zero-order valence-corrected chi connectivity index (χ0v) is 11.0. The minimum atomic E-state index is 0.735. The number of aromatic amines is 1. The second-order valence-electron chi connectivity index (χ2n) is 4.67. The molecular weight excluding hydrogens is 222 g/mol. The highest BCUT2D eigenvalue weighted by Crippen LogP contribution is 2.17. The second-order valence-corrected chi connectivity index (χ2v) is 4.67. The van der Waals surface area contributed by atoms with Gasteiger partial charge in [0.2, 0.25) is 0 Å². The SMILES string of the molecule is C=C(C)CNCc1ncc(-c2ccc(C)cc2)[nH]1. The van der Waals surface area contributed by atoms with E-state index in [0.29, 0.717) is 0 Å². The molecule has 2 aromatic rings. The van der Waals surface area contributed by atoms with E-state index in [9.17, 15) is 0 Å². The fourth-order valence-corrected chi connectivity index (χ4v) is 1.73. The third-order valence-corrected chi connectivity index (χ3v) is 2.71. The van der Waals surface area contributed by atoms with E-state index in [1.165, 1.54) is 11.1 Å². The fourth-order valence-electron chi connectivity index (χ4n) is 1.73. The lowest BCUT2D eigenvalue weighted by molar-refractivity contribution is 0.710. The fraction of sp³-hybridized carbons (Fsp3) is 0.267. The molecule has 0 atom stereocenters. The zero-order valence-electron chi connectivity index (χ0n) is 11.0. The van der Waals surface area contributed by atoms with E-state index in [1.807, 2.05) is 13.1 Å². The molecule has 0 radical (unpaired) electrons. The molecule has 18 heavy (non-hydrogen) atoms. The first kappa shape index (κ1) is 12.6. The van der Waals surface area contributed by atoms with Crippen molar-refractivity contribution in [2.45, 2.75) is 20.4 Å². The highest BCUT2D eigenvalue weighted by atomic mass is 15.0. The van der Waals surface area contributed by atoms with Crippen molar-refractivity contribution in [2.75, 3.05) is 6.54 Å². The van der Waals surface area contributed by atoms with Gasteiger partial charge >= 0.3 is 0 Å². The highest BCUT2D eigenvalue weighted by molar-refractivity contribution is 5.58. The molecule has 1 aromatic heterocycles. The van der Waals surface area contributed by atoms with Gasteiger partial charge in [-0.15, -0.1) is 0 Å². The van der Waals surface area contributed by atoms with Crippen LogP contribution in [0.3, 0.4) is 0 Å². The average Bonchev–Trinajstić information content (AvgIpc) is 2.78. The maximum Gasteiger partial charge on any atom is 0.120 e. The largest absolute Gasteiger partial charge is 0.341 e. The van der Waals surface area contributed by atoms with Crippen LogP contribution in [0.5, 0.6) is 0 Å². The van der Waals surface area contributed by atoms with E-state index in [0.717, 1.165) is 30.2 Å². The molecule has 0 aliphatic carbocycles. The molecular formula is C15H19N3. The summed E-state index contributed by atoms with van der Waals surface area (Å²) in [6.07, 6.45) is 1.88. The van der Waals surface area contributed by atoms with Crippen LogP contribution < -0.4 is 5.32 Å². The van der Waals surface area contributed by atoms with Gasteiger partial charge in [0.1, 0.15) is 5.82 Å². The first-order valence-corrected chi connectivity index (χ1v) is 6.11. The van der Waals surface area contributed by atoms with Crippen LogP contribution >= 0.6 is 0 Å². The third kappa shape index (κ3) is 3.31. The molecule has 0 fully saturated rings. The molecule has 2 N–H and O–H groups in total. The van der Waals surface area contributed by atoms with Crippen LogP contribution in [0.1, 0.15) is 18.3 Å². The van der Waals surface area contributed by atoms with Crippen molar-refractivity contribution in [2.24, 2.45) is 0 Å². The van der Waals surface area contributed by atoms with Gasteiger partial charge in [-0.1, -0.05) is 42.0 Å². The number of H-pyrrole nitrogens is 1. The van der Waals surface area contributed by atoms with Gasteiger partial charge in [0.15, 0.2) is 0 Å². The lowest BCUT2D eigenvalue weighted by atomic mass is 10.1. The monoisotopic (exact) mass is 241 g/mol. The van der Waals surface area contributed by atoms with Gasteiger partial charge in [0, 0.05) is 6.54 Å². The smallest absolute Gasteiger partial charge is 0.120 e. The standard InChI is InChI=1S/C15H19N3/c1-11(2)8-16-10-15-17-9-14(18-15)13-6-4-12(3)5-7-13/h4-7,9,16H,1,8,10H2,2-3H3,(H,17,18). The van der Waals surface area contributed by atoms with Crippen molar-refractivity contribution in [3.63, 3.8) is 0 Å². The molecule has 0 unspecified atom stereocenters. The summed E-state index contributed by atoms with van der Waals surface area (Å²) in [6.45, 7) is 9.50. The number of hydrogen-bond acceptors (Lipinski definition) is 2. The topological polar surface area (TPSA) is 40.7 Å². The van der Waals surface area contributed by atoms with Crippen molar-refractivity contribution in [1.82, 2.24) is 15.3 Å². The summed E-state index contributed by atoms with van der Waals surface area (Å²) in [6, 6.07) is 8.42. The summed E-state index contributed by atoms with van der Waals surface area (Å²) in [7, 11) is 0. The Hall–Kier alpha value is -1.87. The number of hydrogen-bond donors (Lipinski definition) is 2. The quantitative estimate of drug-likeness (QED) is 0.790. The first-order chi connectivity index (χ1) is 8.65. The molecule has 2 rings (SSSR count).